The third kappa shape index (κ3) is 3.57. The van der Waals surface area contributed by atoms with Gasteiger partial charge in [-0.25, -0.2) is 14.6 Å². The summed E-state index contributed by atoms with van der Waals surface area (Å²) in [7, 11) is 0. The Balaban J connectivity index is 1.43. The molecule has 4 rings (SSSR count). The van der Waals surface area contributed by atoms with Gasteiger partial charge in [-0.3, -0.25) is 4.79 Å². The molecule has 0 saturated heterocycles. The maximum Gasteiger partial charge on any atom is 0.267 e. The van der Waals surface area contributed by atoms with Crippen molar-refractivity contribution < 1.29 is 0 Å². The van der Waals surface area contributed by atoms with Crippen LogP contribution in [0.1, 0.15) is 61.6 Å². The standard InChI is InChI=1S/C19H25N5O/c1-13-20-11-10-18(21-13)22-15-6-8-16(9-7-15)24-19(25)12-14-4-2-3-5-17(14)23-24/h10-12,15-16H,2-9H2,1H3,(H,20,21,22). The van der Waals surface area contributed by atoms with Crippen molar-refractivity contribution in [1.82, 2.24) is 19.7 Å². The first-order valence-corrected chi connectivity index (χ1v) is 9.37. The minimum absolute atomic E-state index is 0.0727. The first-order chi connectivity index (χ1) is 12.2. The molecule has 2 aromatic rings. The average molecular weight is 339 g/mol. The van der Waals surface area contributed by atoms with E-state index in [1.54, 1.807) is 10.9 Å². The Hall–Kier alpha value is -2.24. The lowest BCUT2D eigenvalue weighted by Gasteiger charge is -2.30. The molecule has 2 heterocycles. The van der Waals surface area contributed by atoms with E-state index in [0.29, 0.717) is 6.04 Å². The molecule has 0 spiro atoms. The Kier molecular flexibility index (Phi) is 4.51. The lowest BCUT2D eigenvalue weighted by molar-refractivity contribution is 0.300. The summed E-state index contributed by atoms with van der Waals surface area (Å²) in [4.78, 5) is 21.0. The molecule has 1 saturated carbocycles. The van der Waals surface area contributed by atoms with E-state index in [4.69, 9.17) is 5.10 Å². The smallest absolute Gasteiger partial charge is 0.267 e. The Morgan fingerprint density at radius 1 is 1.16 bits per heavy atom. The van der Waals surface area contributed by atoms with Crippen LogP contribution in [0.4, 0.5) is 5.82 Å². The average Bonchev–Trinajstić information content (AvgIpc) is 2.62. The number of hydrogen-bond donors (Lipinski definition) is 1. The number of aromatic nitrogens is 4. The van der Waals surface area contributed by atoms with Crippen LogP contribution in [-0.4, -0.2) is 25.8 Å². The summed E-state index contributed by atoms with van der Waals surface area (Å²) in [5.74, 6) is 1.67. The van der Waals surface area contributed by atoms with Gasteiger partial charge in [0.25, 0.3) is 5.56 Å². The fraction of sp³-hybridized carbons (Fsp3) is 0.579. The van der Waals surface area contributed by atoms with Crippen molar-refractivity contribution in [2.24, 2.45) is 0 Å². The van der Waals surface area contributed by atoms with Crippen molar-refractivity contribution in [1.29, 1.82) is 0 Å². The zero-order valence-corrected chi connectivity index (χ0v) is 14.7. The van der Waals surface area contributed by atoms with E-state index in [1.807, 2.05) is 19.1 Å². The van der Waals surface area contributed by atoms with Crippen LogP contribution in [0, 0.1) is 6.92 Å². The molecule has 1 N–H and O–H groups in total. The van der Waals surface area contributed by atoms with Gasteiger partial charge in [-0.15, -0.1) is 0 Å². The van der Waals surface area contributed by atoms with E-state index < -0.39 is 0 Å². The maximum absolute atomic E-state index is 12.5. The van der Waals surface area contributed by atoms with Crippen molar-refractivity contribution in [2.75, 3.05) is 5.32 Å². The Bertz CT molecular complexity index is 808. The van der Waals surface area contributed by atoms with Crippen LogP contribution < -0.4 is 10.9 Å². The van der Waals surface area contributed by atoms with Crippen molar-refractivity contribution in [3.05, 3.63) is 45.8 Å². The van der Waals surface area contributed by atoms with Crippen LogP contribution in [0.15, 0.2) is 23.1 Å². The van der Waals surface area contributed by atoms with Crippen molar-refractivity contribution in [3.63, 3.8) is 0 Å². The molecular formula is C19H25N5O. The van der Waals surface area contributed by atoms with Gasteiger partial charge in [-0.2, -0.15) is 5.10 Å². The SMILES string of the molecule is Cc1nccc(NC2CCC(n3nc4c(cc3=O)CCCC4)CC2)n1. The molecule has 0 radical (unpaired) electrons. The number of nitrogens with one attached hydrogen (secondary N) is 1. The predicted octanol–water partition coefficient (Wildman–Crippen LogP) is 2.82. The summed E-state index contributed by atoms with van der Waals surface area (Å²) in [6, 6.07) is 4.37. The van der Waals surface area contributed by atoms with Crippen molar-refractivity contribution >= 4 is 5.82 Å². The lowest BCUT2D eigenvalue weighted by atomic mass is 9.91. The predicted molar refractivity (Wildman–Crippen MR) is 96.8 cm³/mol. The molecule has 25 heavy (non-hydrogen) atoms. The van der Waals surface area contributed by atoms with Gasteiger partial charge in [0.1, 0.15) is 11.6 Å². The van der Waals surface area contributed by atoms with Gasteiger partial charge >= 0.3 is 0 Å². The first kappa shape index (κ1) is 16.2. The summed E-state index contributed by atoms with van der Waals surface area (Å²) < 4.78 is 1.76. The molecule has 6 heteroatoms. The number of anilines is 1. The Labute approximate surface area is 147 Å². The number of rotatable bonds is 3. The molecule has 0 atom stereocenters. The van der Waals surface area contributed by atoms with Crippen molar-refractivity contribution in [2.45, 2.75) is 70.4 Å². The highest BCUT2D eigenvalue weighted by molar-refractivity contribution is 5.34. The van der Waals surface area contributed by atoms with Gasteiger partial charge in [0, 0.05) is 18.3 Å². The summed E-state index contributed by atoms with van der Waals surface area (Å²) in [6.07, 6.45) is 10.2. The topological polar surface area (TPSA) is 72.7 Å². The molecule has 0 bridgehead atoms. The Morgan fingerprint density at radius 2 is 1.96 bits per heavy atom. The highest BCUT2D eigenvalue weighted by Gasteiger charge is 2.25. The molecule has 0 aliphatic heterocycles. The van der Waals surface area contributed by atoms with E-state index >= 15 is 0 Å². The van der Waals surface area contributed by atoms with Crippen LogP contribution in [0.25, 0.3) is 0 Å². The highest BCUT2D eigenvalue weighted by Crippen LogP contribution is 2.29. The molecular weight excluding hydrogens is 314 g/mol. The second-order valence-electron chi connectivity index (χ2n) is 7.25. The molecule has 0 aromatic carbocycles. The monoisotopic (exact) mass is 339 g/mol. The molecule has 2 aliphatic rings. The molecule has 6 nitrogen and oxygen atoms in total. The summed E-state index contributed by atoms with van der Waals surface area (Å²) in [5.41, 5.74) is 2.38. The van der Waals surface area contributed by atoms with Crippen LogP contribution in [-0.2, 0) is 12.8 Å². The highest BCUT2D eigenvalue weighted by atomic mass is 16.1. The van der Waals surface area contributed by atoms with Gasteiger partial charge in [0.05, 0.1) is 11.7 Å². The van der Waals surface area contributed by atoms with Gasteiger partial charge in [-0.05, 0) is 69.9 Å². The first-order valence-electron chi connectivity index (χ1n) is 9.37. The van der Waals surface area contributed by atoms with E-state index in [1.165, 1.54) is 18.4 Å². The second-order valence-corrected chi connectivity index (χ2v) is 7.25. The number of fused-ring (bicyclic) bond motifs is 1. The number of aryl methyl sites for hydroxylation is 3. The largest absolute Gasteiger partial charge is 0.367 e. The van der Waals surface area contributed by atoms with Crippen molar-refractivity contribution in [3.8, 4) is 0 Å². The minimum atomic E-state index is 0.0727. The molecule has 0 unspecified atom stereocenters. The third-order valence-electron chi connectivity index (χ3n) is 5.40. The normalized spacial score (nSPS) is 23.1. The molecule has 0 amide bonds. The molecule has 1 fully saturated rings. The van der Waals surface area contributed by atoms with E-state index in [-0.39, 0.29) is 11.6 Å². The molecule has 132 valence electrons. The van der Waals surface area contributed by atoms with Gasteiger partial charge in [0.2, 0.25) is 0 Å². The van der Waals surface area contributed by atoms with E-state index in [2.05, 4.69) is 15.3 Å². The van der Waals surface area contributed by atoms with Crippen LogP contribution >= 0.6 is 0 Å². The fourth-order valence-corrected chi connectivity index (χ4v) is 4.05. The van der Waals surface area contributed by atoms with E-state index in [9.17, 15) is 4.79 Å². The fourth-order valence-electron chi connectivity index (χ4n) is 4.05. The minimum Gasteiger partial charge on any atom is -0.367 e. The quantitative estimate of drug-likeness (QED) is 0.931. The van der Waals surface area contributed by atoms with Gasteiger partial charge < -0.3 is 5.32 Å². The van der Waals surface area contributed by atoms with Gasteiger partial charge in [-0.1, -0.05) is 0 Å². The van der Waals surface area contributed by atoms with Gasteiger partial charge in [0.15, 0.2) is 0 Å². The number of nitrogens with zero attached hydrogens (tertiary/aromatic N) is 4. The zero-order chi connectivity index (χ0) is 17.2. The third-order valence-corrected chi connectivity index (χ3v) is 5.40. The van der Waals surface area contributed by atoms with Crippen LogP contribution in [0.5, 0.6) is 0 Å². The Morgan fingerprint density at radius 3 is 2.76 bits per heavy atom. The summed E-state index contributed by atoms with van der Waals surface area (Å²) >= 11 is 0. The lowest BCUT2D eigenvalue weighted by Crippen LogP contribution is -2.34. The molecule has 2 aliphatic carbocycles. The summed E-state index contributed by atoms with van der Waals surface area (Å²) in [6.45, 7) is 1.90. The maximum atomic E-state index is 12.5. The molecule has 2 aromatic heterocycles. The van der Waals surface area contributed by atoms with E-state index in [0.717, 1.165) is 55.9 Å². The van der Waals surface area contributed by atoms with Crippen LogP contribution in [0.3, 0.4) is 0 Å². The summed E-state index contributed by atoms with van der Waals surface area (Å²) in [5, 5.41) is 8.22. The van der Waals surface area contributed by atoms with Crippen LogP contribution in [0.2, 0.25) is 0 Å². The second kappa shape index (κ2) is 6.94. The number of hydrogen-bond acceptors (Lipinski definition) is 5. The zero-order valence-electron chi connectivity index (χ0n) is 14.7.